The molecule has 0 atom stereocenters. The lowest BCUT2D eigenvalue weighted by atomic mass is 9.89. The van der Waals surface area contributed by atoms with Crippen LogP contribution in [-0.2, 0) is 17.8 Å². The van der Waals surface area contributed by atoms with E-state index in [2.05, 4.69) is 0 Å². The highest BCUT2D eigenvalue weighted by molar-refractivity contribution is 5.92. The number of phenols is 1. The number of rotatable bonds is 4. The summed E-state index contributed by atoms with van der Waals surface area (Å²) in [6, 6.07) is 16.6. The van der Waals surface area contributed by atoms with Crippen LogP contribution in [0.1, 0.15) is 16.7 Å². The second-order valence-corrected chi connectivity index (χ2v) is 7.79. The molecule has 6 nitrogen and oxygen atoms in total. The van der Waals surface area contributed by atoms with E-state index in [9.17, 15) is 9.90 Å². The molecule has 0 radical (unpaired) electrons. The Morgan fingerprint density at radius 2 is 1.88 bits per heavy atom. The van der Waals surface area contributed by atoms with Crippen molar-refractivity contribution in [3.63, 3.8) is 0 Å². The van der Waals surface area contributed by atoms with Crippen molar-refractivity contribution in [2.75, 3.05) is 20.4 Å². The van der Waals surface area contributed by atoms with Crippen LogP contribution in [0.25, 0.3) is 17.2 Å². The number of hydrogen-bond acceptors (Lipinski definition) is 5. The summed E-state index contributed by atoms with van der Waals surface area (Å²) in [6.07, 6.45) is 4.09. The lowest BCUT2D eigenvalue weighted by Crippen LogP contribution is -2.35. The quantitative estimate of drug-likeness (QED) is 0.623. The fourth-order valence-electron chi connectivity index (χ4n) is 4.17. The van der Waals surface area contributed by atoms with E-state index in [0.29, 0.717) is 13.1 Å². The van der Waals surface area contributed by atoms with E-state index in [1.54, 1.807) is 43.5 Å². The smallest absolute Gasteiger partial charge is 0.246 e. The van der Waals surface area contributed by atoms with Gasteiger partial charge < -0.3 is 24.2 Å². The van der Waals surface area contributed by atoms with Crippen LogP contribution in [0, 0.1) is 0 Å². The third kappa shape index (κ3) is 3.75. The van der Waals surface area contributed by atoms with Gasteiger partial charge in [-0.3, -0.25) is 4.79 Å². The predicted octanol–water partition coefficient (Wildman–Crippen LogP) is 4.39. The number of carbonyl (C=O) groups is 1. The Kier molecular flexibility index (Phi) is 5.19. The lowest BCUT2D eigenvalue weighted by molar-refractivity contribution is -0.126. The molecule has 3 aromatic carbocycles. The van der Waals surface area contributed by atoms with Crippen LogP contribution in [0.4, 0.5) is 0 Å². The molecule has 0 saturated carbocycles. The number of phenolic OH excluding ortho intramolecular Hbond substituents is 1. The zero-order chi connectivity index (χ0) is 22.1. The van der Waals surface area contributed by atoms with Gasteiger partial charge in [-0.15, -0.1) is 0 Å². The first-order valence-corrected chi connectivity index (χ1v) is 10.5. The molecule has 6 heteroatoms. The van der Waals surface area contributed by atoms with Crippen molar-refractivity contribution >= 4 is 12.0 Å². The number of methoxy groups -OCH3 is 1. The second kappa shape index (κ2) is 8.30. The fourth-order valence-corrected chi connectivity index (χ4v) is 4.17. The number of fused-ring (bicyclic) bond motifs is 2. The van der Waals surface area contributed by atoms with Crippen LogP contribution in [0.2, 0.25) is 0 Å². The molecule has 0 fully saturated rings. The number of carbonyl (C=O) groups excluding carboxylic acids is 1. The molecule has 0 aliphatic carbocycles. The van der Waals surface area contributed by atoms with Crippen molar-refractivity contribution in [2.24, 2.45) is 0 Å². The number of hydrogen-bond donors (Lipinski definition) is 1. The van der Waals surface area contributed by atoms with Gasteiger partial charge in [0.05, 0.1) is 7.11 Å². The summed E-state index contributed by atoms with van der Waals surface area (Å²) in [5, 5.41) is 9.42. The van der Waals surface area contributed by atoms with Crippen LogP contribution in [0.15, 0.2) is 60.7 Å². The molecule has 2 aliphatic heterocycles. The molecule has 32 heavy (non-hydrogen) atoms. The van der Waals surface area contributed by atoms with Crippen molar-refractivity contribution in [1.82, 2.24) is 4.90 Å². The topological polar surface area (TPSA) is 68.2 Å². The van der Waals surface area contributed by atoms with E-state index >= 15 is 0 Å². The summed E-state index contributed by atoms with van der Waals surface area (Å²) in [4.78, 5) is 14.8. The van der Waals surface area contributed by atoms with Gasteiger partial charge in [-0.1, -0.05) is 24.3 Å². The molecular weight excluding hydrogens is 406 g/mol. The average Bonchev–Trinajstić information content (AvgIpc) is 3.30. The summed E-state index contributed by atoms with van der Waals surface area (Å²) in [7, 11) is 1.64. The Hall–Kier alpha value is -3.93. The summed E-state index contributed by atoms with van der Waals surface area (Å²) >= 11 is 0. The normalized spacial score (nSPS) is 14.5. The monoisotopic (exact) mass is 429 g/mol. The van der Waals surface area contributed by atoms with E-state index < -0.39 is 0 Å². The third-order valence-electron chi connectivity index (χ3n) is 5.87. The maximum atomic E-state index is 12.9. The van der Waals surface area contributed by atoms with Crippen molar-refractivity contribution in [1.29, 1.82) is 0 Å². The number of nitrogens with zero attached hydrogens (tertiary/aromatic N) is 1. The van der Waals surface area contributed by atoms with Crippen molar-refractivity contribution in [3.8, 4) is 34.1 Å². The first kappa shape index (κ1) is 20.0. The number of aromatic hydroxyl groups is 1. The first-order chi connectivity index (χ1) is 15.6. The van der Waals surface area contributed by atoms with E-state index in [-0.39, 0.29) is 18.4 Å². The lowest BCUT2D eigenvalue weighted by Gasteiger charge is -2.30. The van der Waals surface area contributed by atoms with Gasteiger partial charge in [0.2, 0.25) is 12.7 Å². The Morgan fingerprint density at radius 1 is 1.09 bits per heavy atom. The van der Waals surface area contributed by atoms with Gasteiger partial charge in [0.15, 0.2) is 11.5 Å². The van der Waals surface area contributed by atoms with Crippen LogP contribution < -0.4 is 14.2 Å². The second-order valence-electron chi connectivity index (χ2n) is 7.79. The van der Waals surface area contributed by atoms with Crippen LogP contribution >= 0.6 is 0 Å². The van der Waals surface area contributed by atoms with Crippen molar-refractivity contribution in [3.05, 3.63) is 77.4 Å². The highest BCUT2D eigenvalue weighted by Gasteiger charge is 2.29. The maximum absolute atomic E-state index is 12.9. The van der Waals surface area contributed by atoms with Crippen molar-refractivity contribution in [2.45, 2.75) is 13.0 Å². The molecule has 3 aromatic rings. The molecule has 1 N–H and O–H groups in total. The minimum absolute atomic E-state index is 0.0536. The molecule has 162 valence electrons. The summed E-state index contributed by atoms with van der Waals surface area (Å²) in [5.74, 6) is 2.40. The van der Waals surface area contributed by atoms with E-state index in [4.69, 9.17) is 14.2 Å². The predicted molar refractivity (Wildman–Crippen MR) is 121 cm³/mol. The average molecular weight is 429 g/mol. The Bertz CT molecular complexity index is 1180. The molecule has 0 saturated heterocycles. The third-order valence-corrected chi connectivity index (χ3v) is 5.87. The van der Waals surface area contributed by atoms with Gasteiger partial charge >= 0.3 is 0 Å². The molecule has 2 aliphatic rings. The van der Waals surface area contributed by atoms with E-state index in [1.807, 2.05) is 35.2 Å². The van der Waals surface area contributed by atoms with Crippen LogP contribution in [0.3, 0.4) is 0 Å². The molecule has 0 spiro atoms. The SMILES string of the molecule is COc1ccc(-c2c3c(cc4c2OCO4)CCN(C(=O)/C=C/c2ccc(O)cc2)C3)cc1. The van der Waals surface area contributed by atoms with Crippen molar-refractivity contribution < 1.29 is 24.1 Å². The molecule has 0 aromatic heterocycles. The first-order valence-electron chi connectivity index (χ1n) is 10.5. The molecule has 0 bridgehead atoms. The van der Waals surface area contributed by atoms with Gasteiger partial charge in [0, 0.05) is 24.7 Å². The number of benzene rings is 3. The summed E-state index contributed by atoms with van der Waals surface area (Å²) in [6.45, 7) is 1.32. The molecular formula is C26H23NO5. The minimum atomic E-state index is -0.0536. The molecule has 1 amide bonds. The van der Waals surface area contributed by atoms with Gasteiger partial charge in [0.25, 0.3) is 0 Å². The van der Waals surface area contributed by atoms with E-state index in [1.165, 1.54) is 5.56 Å². The number of amides is 1. The summed E-state index contributed by atoms with van der Waals surface area (Å²) in [5.41, 5.74) is 5.08. The van der Waals surface area contributed by atoms with Gasteiger partial charge in [-0.2, -0.15) is 0 Å². The zero-order valence-corrected chi connectivity index (χ0v) is 17.7. The van der Waals surface area contributed by atoms with Gasteiger partial charge in [-0.25, -0.2) is 0 Å². The fraction of sp³-hybridized carbons (Fsp3) is 0.192. The van der Waals surface area contributed by atoms with Crippen LogP contribution in [0.5, 0.6) is 23.0 Å². The number of ether oxygens (including phenoxy) is 3. The Balaban J connectivity index is 1.46. The molecule has 5 rings (SSSR count). The zero-order valence-electron chi connectivity index (χ0n) is 17.7. The highest BCUT2D eigenvalue weighted by atomic mass is 16.7. The summed E-state index contributed by atoms with van der Waals surface area (Å²) < 4.78 is 16.8. The van der Waals surface area contributed by atoms with Gasteiger partial charge in [-0.05, 0) is 65.1 Å². The molecule has 0 unspecified atom stereocenters. The van der Waals surface area contributed by atoms with Crippen LogP contribution in [-0.4, -0.2) is 36.4 Å². The largest absolute Gasteiger partial charge is 0.508 e. The Morgan fingerprint density at radius 3 is 2.62 bits per heavy atom. The molecule has 2 heterocycles. The van der Waals surface area contributed by atoms with E-state index in [0.717, 1.165) is 45.9 Å². The highest BCUT2D eigenvalue weighted by Crippen LogP contribution is 2.47. The Labute approximate surface area is 186 Å². The minimum Gasteiger partial charge on any atom is -0.508 e. The standard InChI is InChI=1S/C26H23NO5/c1-30-21-9-5-18(6-10-21)25-22-15-27(13-12-19(22)14-23-26(25)32-16-31-23)24(29)11-4-17-2-7-20(28)8-3-17/h2-11,14,28H,12-13,15-16H2,1H3/b11-4+. The van der Waals surface area contributed by atoms with Gasteiger partial charge in [0.1, 0.15) is 11.5 Å². The maximum Gasteiger partial charge on any atom is 0.246 e.